The van der Waals surface area contributed by atoms with E-state index in [-0.39, 0.29) is 5.41 Å². The number of hydrogen-bond acceptors (Lipinski definition) is 3. The van der Waals surface area contributed by atoms with Crippen molar-refractivity contribution in [3.05, 3.63) is 18.2 Å². The molecule has 1 aromatic rings. The SMILES string of the molecule is CCN1CCCC(n2cncc2C2(C)CCNC2)C1. The van der Waals surface area contributed by atoms with Gasteiger partial charge >= 0.3 is 0 Å². The Bertz CT molecular complexity index is 420. The molecule has 0 aliphatic carbocycles. The lowest BCUT2D eigenvalue weighted by Gasteiger charge is -2.35. The minimum absolute atomic E-state index is 0.269. The number of imidazole rings is 1. The molecule has 0 aromatic carbocycles. The van der Waals surface area contributed by atoms with Crippen molar-refractivity contribution in [3.8, 4) is 0 Å². The Hall–Kier alpha value is -0.870. The predicted octanol–water partition coefficient (Wildman–Crippen LogP) is 1.79. The average molecular weight is 262 g/mol. The van der Waals surface area contributed by atoms with Gasteiger partial charge in [0.05, 0.1) is 6.33 Å². The number of likely N-dealkylation sites (tertiary alicyclic amines) is 1. The van der Waals surface area contributed by atoms with Gasteiger partial charge in [-0.15, -0.1) is 0 Å². The highest BCUT2D eigenvalue weighted by Crippen LogP contribution is 2.33. The molecule has 1 aromatic heterocycles. The van der Waals surface area contributed by atoms with Crippen LogP contribution in [0, 0.1) is 0 Å². The van der Waals surface area contributed by atoms with Crippen LogP contribution in [0.3, 0.4) is 0 Å². The number of nitrogens with one attached hydrogen (secondary N) is 1. The van der Waals surface area contributed by atoms with Crippen LogP contribution in [0.2, 0.25) is 0 Å². The van der Waals surface area contributed by atoms with Gasteiger partial charge in [0.1, 0.15) is 0 Å². The summed E-state index contributed by atoms with van der Waals surface area (Å²) < 4.78 is 2.47. The van der Waals surface area contributed by atoms with E-state index in [4.69, 9.17) is 0 Å². The molecule has 1 N–H and O–H groups in total. The lowest BCUT2D eigenvalue weighted by atomic mass is 9.85. The summed E-state index contributed by atoms with van der Waals surface area (Å²) >= 11 is 0. The van der Waals surface area contributed by atoms with Crippen molar-refractivity contribution < 1.29 is 0 Å². The zero-order valence-corrected chi connectivity index (χ0v) is 12.2. The van der Waals surface area contributed by atoms with E-state index < -0.39 is 0 Å². The number of aromatic nitrogens is 2. The zero-order valence-electron chi connectivity index (χ0n) is 12.2. The van der Waals surface area contributed by atoms with Crippen LogP contribution in [0.5, 0.6) is 0 Å². The third-order valence-electron chi connectivity index (χ3n) is 4.97. The van der Waals surface area contributed by atoms with E-state index in [2.05, 4.69) is 46.1 Å². The number of rotatable bonds is 3. The molecule has 0 radical (unpaired) electrons. The maximum absolute atomic E-state index is 4.45. The van der Waals surface area contributed by atoms with E-state index in [1.54, 1.807) is 0 Å². The van der Waals surface area contributed by atoms with Crippen molar-refractivity contribution in [2.45, 2.75) is 44.6 Å². The van der Waals surface area contributed by atoms with Crippen molar-refractivity contribution in [1.82, 2.24) is 19.8 Å². The second kappa shape index (κ2) is 5.25. The van der Waals surface area contributed by atoms with E-state index in [1.807, 2.05) is 0 Å². The van der Waals surface area contributed by atoms with Crippen LogP contribution >= 0.6 is 0 Å². The summed E-state index contributed by atoms with van der Waals surface area (Å²) in [6.07, 6.45) is 7.98. The Morgan fingerprint density at radius 1 is 1.53 bits per heavy atom. The normalized spacial score (nSPS) is 32.8. The monoisotopic (exact) mass is 262 g/mol. The number of piperidine rings is 1. The molecule has 19 heavy (non-hydrogen) atoms. The van der Waals surface area contributed by atoms with Crippen molar-refractivity contribution in [2.75, 3.05) is 32.7 Å². The van der Waals surface area contributed by atoms with E-state index in [9.17, 15) is 0 Å². The number of nitrogens with zero attached hydrogens (tertiary/aromatic N) is 3. The van der Waals surface area contributed by atoms with E-state index >= 15 is 0 Å². The first kappa shape index (κ1) is 13.1. The molecule has 0 spiro atoms. The van der Waals surface area contributed by atoms with Crippen LogP contribution in [-0.4, -0.2) is 47.2 Å². The maximum atomic E-state index is 4.45. The van der Waals surface area contributed by atoms with E-state index in [0.717, 1.165) is 13.1 Å². The molecule has 2 aliphatic heterocycles. The molecule has 2 aliphatic rings. The Morgan fingerprint density at radius 2 is 2.42 bits per heavy atom. The van der Waals surface area contributed by atoms with Crippen LogP contribution in [0.4, 0.5) is 0 Å². The fourth-order valence-corrected chi connectivity index (χ4v) is 3.64. The molecule has 2 unspecified atom stereocenters. The largest absolute Gasteiger partial charge is 0.330 e. The molecular weight excluding hydrogens is 236 g/mol. The van der Waals surface area contributed by atoms with Crippen molar-refractivity contribution in [3.63, 3.8) is 0 Å². The first-order chi connectivity index (χ1) is 9.23. The van der Waals surface area contributed by atoms with Crippen LogP contribution in [0.25, 0.3) is 0 Å². The minimum Gasteiger partial charge on any atom is -0.330 e. The quantitative estimate of drug-likeness (QED) is 0.901. The van der Waals surface area contributed by atoms with Gasteiger partial charge in [-0.3, -0.25) is 0 Å². The molecule has 0 bridgehead atoms. The standard InChI is InChI=1S/C15H26N4/c1-3-18-8-4-5-13(10-18)19-12-17-9-14(19)15(2)6-7-16-11-15/h9,12-13,16H,3-8,10-11H2,1-2H3. The third-order valence-corrected chi connectivity index (χ3v) is 4.97. The average Bonchev–Trinajstić information content (AvgIpc) is 3.08. The summed E-state index contributed by atoms with van der Waals surface area (Å²) in [5.41, 5.74) is 1.70. The number of likely N-dealkylation sites (N-methyl/N-ethyl adjacent to an activating group) is 1. The Kier molecular flexibility index (Phi) is 3.63. The molecule has 3 heterocycles. The molecule has 4 heteroatoms. The molecule has 2 atom stereocenters. The van der Waals surface area contributed by atoms with E-state index in [1.165, 1.54) is 44.6 Å². The highest BCUT2D eigenvalue weighted by molar-refractivity contribution is 5.18. The second-order valence-electron chi connectivity index (χ2n) is 6.36. The zero-order chi connectivity index (χ0) is 13.3. The topological polar surface area (TPSA) is 33.1 Å². The Morgan fingerprint density at radius 3 is 3.16 bits per heavy atom. The molecule has 4 nitrogen and oxygen atoms in total. The van der Waals surface area contributed by atoms with Crippen LogP contribution in [-0.2, 0) is 5.41 Å². The van der Waals surface area contributed by atoms with Crippen LogP contribution in [0.1, 0.15) is 44.8 Å². The summed E-state index contributed by atoms with van der Waals surface area (Å²) in [6, 6.07) is 0.614. The first-order valence-corrected chi connectivity index (χ1v) is 7.68. The first-order valence-electron chi connectivity index (χ1n) is 7.68. The van der Waals surface area contributed by atoms with Crippen LogP contribution in [0.15, 0.2) is 12.5 Å². The van der Waals surface area contributed by atoms with Gasteiger partial charge in [-0.25, -0.2) is 4.98 Å². The molecule has 3 rings (SSSR count). The third kappa shape index (κ3) is 2.43. The second-order valence-corrected chi connectivity index (χ2v) is 6.36. The summed E-state index contributed by atoms with van der Waals surface area (Å²) in [6.45, 7) is 10.5. The van der Waals surface area contributed by atoms with Crippen LogP contribution < -0.4 is 5.32 Å². The van der Waals surface area contributed by atoms with Gasteiger partial charge in [-0.1, -0.05) is 13.8 Å². The van der Waals surface area contributed by atoms with Gasteiger partial charge in [-0.05, 0) is 38.9 Å². The van der Waals surface area contributed by atoms with Gasteiger partial charge in [0.25, 0.3) is 0 Å². The Balaban J connectivity index is 1.83. The molecular formula is C15H26N4. The summed E-state index contributed by atoms with van der Waals surface area (Å²) in [5.74, 6) is 0. The molecule has 0 saturated carbocycles. The lowest BCUT2D eigenvalue weighted by molar-refractivity contribution is 0.180. The van der Waals surface area contributed by atoms with E-state index in [0.29, 0.717) is 6.04 Å². The number of hydrogen-bond donors (Lipinski definition) is 1. The summed E-state index contributed by atoms with van der Waals surface area (Å²) in [5, 5.41) is 3.50. The van der Waals surface area contributed by atoms with Gasteiger partial charge in [-0.2, -0.15) is 0 Å². The molecule has 2 fully saturated rings. The molecule has 106 valence electrons. The summed E-state index contributed by atoms with van der Waals surface area (Å²) in [4.78, 5) is 7.02. The van der Waals surface area contributed by atoms with Gasteiger partial charge in [0, 0.05) is 36.4 Å². The Labute approximate surface area is 116 Å². The smallest absolute Gasteiger partial charge is 0.0951 e. The van der Waals surface area contributed by atoms with Crippen molar-refractivity contribution >= 4 is 0 Å². The molecule has 2 saturated heterocycles. The highest BCUT2D eigenvalue weighted by atomic mass is 15.2. The van der Waals surface area contributed by atoms with Crippen molar-refractivity contribution in [1.29, 1.82) is 0 Å². The van der Waals surface area contributed by atoms with Gasteiger partial charge in [0.2, 0.25) is 0 Å². The van der Waals surface area contributed by atoms with Gasteiger partial charge < -0.3 is 14.8 Å². The molecule has 0 amide bonds. The fourth-order valence-electron chi connectivity index (χ4n) is 3.64. The lowest BCUT2D eigenvalue weighted by Crippen LogP contribution is -2.38. The minimum atomic E-state index is 0.269. The van der Waals surface area contributed by atoms with Gasteiger partial charge in [0.15, 0.2) is 0 Å². The fraction of sp³-hybridized carbons (Fsp3) is 0.800. The summed E-state index contributed by atoms with van der Waals surface area (Å²) in [7, 11) is 0. The van der Waals surface area contributed by atoms with Crippen molar-refractivity contribution in [2.24, 2.45) is 0 Å². The highest BCUT2D eigenvalue weighted by Gasteiger charge is 2.35. The maximum Gasteiger partial charge on any atom is 0.0951 e. The predicted molar refractivity (Wildman–Crippen MR) is 77.5 cm³/mol.